The van der Waals surface area contributed by atoms with Crippen molar-refractivity contribution < 1.29 is 13.9 Å². The minimum absolute atomic E-state index is 0.0208. The number of aromatic nitrogens is 3. The van der Waals surface area contributed by atoms with Crippen molar-refractivity contribution in [3.05, 3.63) is 54.1 Å². The summed E-state index contributed by atoms with van der Waals surface area (Å²) < 4.78 is 21.1. The third kappa shape index (κ3) is 3.42. The van der Waals surface area contributed by atoms with Gasteiger partial charge in [-0.25, -0.2) is 14.1 Å². The van der Waals surface area contributed by atoms with Crippen molar-refractivity contribution in [3.8, 4) is 22.4 Å². The van der Waals surface area contributed by atoms with Crippen molar-refractivity contribution in [1.29, 1.82) is 0 Å². The topological polar surface area (TPSA) is 69.0 Å². The molecule has 1 aliphatic carbocycles. The molecular formula is C22H21FN4O2. The van der Waals surface area contributed by atoms with Crippen molar-refractivity contribution >= 4 is 11.7 Å². The Bertz CT molecular complexity index is 1070. The number of ether oxygens (including phenoxy) is 1. The number of halogens is 1. The molecule has 1 aromatic carbocycles. The number of carbonyl (C=O) groups is 1. The average molecular weight is 392 g/mol. The maximum Gasteiger partial charge on any atom is 0.228 e. The van der Waals surface area contributed by atoms with E-state index in [1.54, 1.807) is 18.3 Å². The third-order valence-electron chi connectivity index (χ3n) is 5.42. The summed E-state index contributed by atoms with van der Waals surface area (Å²) in [5.41, 5.74) is 4.55. The molecular weight excluding hydrogens is 371 g/mol. The normalized spacial score (nSPS) is 18.3. The lowest BCUT2D eigenvalue weighted by Crippen LogP contribution is -2.21. The SMILES string of the molecule is CC1OCCc2c(-c3ccnc(NC(=O)C4CC4)c3)c(-c3ccc(F)cc3)nn21. The van der Waals surface area contributed by atoms with Crippen LogP contribution >= 0.6 is 0 Å². The second kappa shape index (κ2) is 7.08. The summed E-state index contributed by atoms with van der Waals surface area (Å²) in [4.78, 5) is 16.5. The van der Waals surface area contributed by atoms with Crippen LogP contribution in [0.1, 0.15) is 31.7 Å². The van der Waals surface area contributed by atoms with E-state index in [0.717, 1.165) is 47.3 Å². The van der Waals surface area contributed by atoms with Crippen molar-refractivity contribution in [2.45, 2.75) is 32.4 Å². The highest BCUT2D eigenvalue weighted by atomic mass is 19.1. The van der Waals surface area contributed by atoms with Gasteiger partial charge in [-0.15, -0.1) is 0 Å². The molecule has 1 saturated carbocycles. The van der Waals surface area contributed by atoms with Crippen LogP contribution in [-0.4, -0.2) is 27.3 Å². The van der Waals surface area contributed by atoms with Gasteiger partial charge in [-0.2, -0.15) is 5.10 Å². The molecule has 1 fully saturated rings. The van der Waals surface area contributed by atoms with Crippen LogP contribution in [0.5, 0.6) is 0 Å². The van der Waals surface area contributed by atoms with E-state index in [1.807, 2.05) is 23.7 Å². The zero-order valence-electron chi connectivity index (χ0n) is 16.1. The highest BCUT2D eigenvalue weighted by molar-refractivity contribution is 5.94. The summed E-state index contributed by atoms with van der Waals surface area (Å²) in [5, 5.41) is 7.71. The second-order valence-corrected chi connectivity index (χ2v) is 7.54. The molecule has 2 aromatic heterocycles. The molecule has 1 unspecified atom stereocenters. The monoisotopic (exact) mass is 392 g/mol. The van der Waals surface area contributed by atoms with Gasteiger partial charge in [0.05, 0.1) is 12.3 Å². The molecule has 0 radical (unpaired) electrons. The first-order valence-electron chi connectivity index (χ1n) is 9.86. The van der Waals surface area contributed by atoms with Crippen molar-refractivity contribution in [2.75, 3.05) is 11.9 Å². The molecule has 6 nitrogen and oxygen atoms in total. The summed E-state index contributed by atoms with van der Waals surface area (Å²) in [6.07, 6.45) is 4.12. The van der Waals surface area contributed by atoms with E-state index in [2.05, 4.69) is 10.3 Å². The van der Waals surface area contributed by atoms with Gasteiger partial charge in [-0.1, -0.05) is 0 Å². The highest BCUT2D eigenvalue weighted by Crippen LogP contribution is 2.38. The standard InChI is InChI=1S/C22H21FN4O2/c1-13-27-18(9-11-29-13)20(21(26-27)14-4-6-17(23)7-5-14)16-8-10-24-19(12-16)25-22(28)15-2-3-15/h4-8,10,12-13,15H,2-3,9,11H2,1H3,(H,24,25,28). The Hall–Kier alpha value is -3.06. The minimum atomic E-state index is -0.287. The van der Waals surface area contributed by atoms with E-state index >= 15 is 0 Å². The lowest BCUT2D eigenvalue weighted by atomic mass is 9.98. The first-order valence-corrected chi connectivity index (χ1v) is 9.86. The van der Waals surface area contributed by atoms with Crippen LogP contribution in [0.3, 0.4) is 0 Å². The van der Waals surface area contributed by atoms with E-state index in [0.29, 0.717) is 12.4 Å². The van der Waals surface area contributed by atoms with Gasteiger partial charge in [0.2, 0.25) is 5.91 Å². The van der Waals surface area contributed by atoms with Crippen LogP contribution < -0.4 is 5.32 Å². The number of hydrogen-bond acceptors (Lipinski definition) is 4. The van der Waals surface area contributed by atoms with Gasteiger partial charge >= 0.3 is 0 Å². The predicted molar refractivity (Wildman–Crippen MR) is 107 cm³/mol. The molecule has 0 saturated heterocycles. The largest absolute Gasteiger partial charge is 0.356 e. The fourth-order valence-corrected chi connectivity index (χ4v) is 3.75. The van der Waals surface area contributed by atoms with Gasteiger partial charge in [-0.3, -0.25) is 4.79 Å². The second-order valence-electron chi connectivity index (χ2n) is 7.54. The number of nitrogens with one attached hydrogen (secondary N) is 1. The van der Waals surface area contributed by atoms with Crippen LogP contribution in [0.4, 0.5) is 10.2 Å². The van der Waals surface area contributed by atoms with Gasteiger partial charge in [0.15, 0.2) is 0 Å². The molecule has 3 aromatic rings. The van der Waals surface area contributed by atoms with Crippen molar-refractivity contribution in [1.82, 2.24) is 14.8 Å². The Kier molecular flexibility index (Phi) is 4.39. The highest BCUT2D eigenvalue weighted by Gasteiger charge is 2.30. The van der Waals surface area contributed by atoms with E-state index < -0.39 is 0 Å². The summed E-state index contributed by atoms with van der Waals surface area (Å²) >= 11 is 0. The van der Waals surface area contributed by atoms with Crippen LogP contribution in [0.15, 0.2) is 42.6 Å². The van der Waals surface area contributed by atoms with Crippen molar-refractivity contribution in [2.24, 2.45) is 5.92 Å². The Balaban J connectivity index is 1.61. The molecule has 5 rings (SSSR count). The molecule has 2 aliphatic rings. The molecule has 29 heavy (non-hydrogen) atoms. The van der Waals surface area contributed by atoms with Crippen LogP contribution in [0.25, 0.3) is 22.4 Å². The maximum atomic E-state index is 13.5. The zero-order valence-corrected chi connectivity index (χ0v) is 16.1. The van der Waals surface area contributed by atoms with Crippen molar-refractivity contribution in [3.63, 3.8) is 0 Å². The molecule has 7 heteroatoms. The number of amides is 1. The Morgan fingerprint density at radius 2 is 2.00 bits per heavy atom. The Labute approximate surface area is 167 Å². The number of hydrogen-bond donors (Lipinski definition) is 1. The van der Waals surface area contributed by atoms with Gasteiger partial charge in [0, 0.05) is 29.7 Å². The number of pyridine rings is 1. The molecule has 1 N–H and O–H groups in total. The summed E-state index contributed by atoms with van der Waals surface area (Å²) in [5.74, 6) is 0.374. The van der Waals surface area contributed by atoms with Gasteiger partial charge in [0.1, 0.15) is 23.6 Å². The van der Waals surface area contributed by atoms with Crippen LogP contribution in [-0.2, 0) is 16.0 Å². The smallest absolute Gasteiger partial charge is 0.228 e. The average Bonchev–Trinajstić information content (AvgIpc) is 3.50. The van der Waals surface area contributed by atoms with E-state index in [4.69, 9.17) is 9.84 Å². The summed E-state index contributed by atoms with van der Waals surface area (Å²) in [6.45, 7) is 2.57. The summed E-state index contributed by atoms with van der Waals surface area (Å²) in [7, 11) is 0. The van der Waals surface area contributed by atoms with Gasteiger partial charge in [-0.05, 0) is 61.7 Å². The molecule has 0 spiro atoms. The fourth-order valence-electron chi connectivity index (χ4n) is 3.75. The van der Waals surface area contributed by atoms with E-state index in [-0.39, 0.29) is 23.9 Å². The number of benzene rings is 1. The van der Waals surface area contributed by atoms with E-state index in [1.165, 1.54) is 12.1 Å². The third-order valence-corrected chi connectivity index (χ3v) is 5.42. The number of carbonyl (C=O) groups excluding carboxylic acids is 1. The number of fused-ring (bicyclic) bond motifs is 1. The first kappa shape index (κ1) is 18.0. The molecule has 3 heterocycles. The van der Waals surface area contributed by atoms with Gasteiger partial charge < -0.3 is 10.1 Å². The lowest BCUT2D eigenvalue weighted by molar-refractivity contribution is -0.117. The Morgan fingerprint density at radius 3 is 2.76 bits per heavy atom. The van der Waals surface area contributed by atoms with Gasteiger partial charge in [0.25, 0.3) is 0 Å². The number of nitrogens with zero attached hydrogens (tertiary/aromatic N) is 3. The minimum Gasteiger partial charge on any atom is -0.356 e. The molecule has 1 atom stereocenters. The van der Waals surface area contributed by atoms with Crippen LogP contribution in [0, 0.1) is 11.7 Å². The molecule has 1 amide bonds. The maximum absolute atomic E-state index is 13.5. The van der Waals surface area contributed by atoms with E-state index in [9.17, 15) is 9.18 Å². The molecule has 148 valence electrons. The quantitative estimate of drug-likeness (QED) is 0.723. The fraction of sp³-hybridized carbons (Fsp3) is 0.318. The molecule has 1 aliphatic heterocycles. The zero-order chi connectivity index (χ0) is 20.0. The summed E-state index contributed by atoms with van der Waals surface area (Å²) in [6, 6.07) is 10.1. The number of rotatable bonds is 4. The molecule has 0 bridgehead atoms. The van der Waals surface area contributed by atoms with Crippen LogP contribution in [0.2, 0.25) is 0 Å². The lowest BCUT2D eigenvalue weighted by Gasteiger charge is -2.22. The first-order chi connectivity index (χ1) is 14.1. The number of anilines is 1. The Morgan fingerprint density at radius 1 is 1.21 bits per heavy atom. The predicted octanol–water partition coefficient (Wildman–Crippen LogP) is 4.19.